The molecule has 0 saturated heterocycles. The highest BCUT2D eigenvalue weighted by Gasteiger charge is 2.02. The Morgan fingerprint density at radius 1 is 1.60 bits per heavy atom. The number of thiophene rings is 1. The third kappa shape index (κ3) is 6.07. The second-order valence-electron chi connectivity index (χ2n) is 3.82. The van der Waals surface area contributed by atoms with Gasteiger partial charge in [0.15, 0.2) is 0 Å². The Hall–Kier alpha value is -0.190. The average Bonchev–Trinajstić information content (AvgIpc) is 2.64. The van der Waals surface area contributed by atoms with Gasteiger partial charge in [0.05, 0.1) is 0 Å². The predicted molar refractivity (Wildman–Crippen MR) is 69.0 cm³/mol. The van der Waals surface area contributed by atoms with Crippen molar-refractivity contribution in [2.75, 3.05) is 18.6 Å². The van der Waals surface area contributed by atoms with Gasteiger partial charge in [0, 0.05) is 28.9 Å². The highest BCUT2D eigenvalue weighted by molar-refractivity contribution is 7.84. The molecule has 0 saturated carbocycles. The van der Waals surface area contributed by atoms with Gasteiger partial charge < -0.3 is 5.32 Å². The van der Waals surface area contributed by atoms with Crippen molar-refractivity contribution >= 4 is 22.1 Å². The van der Waals surface area contributed by atoms with E-state index in [4.69, 9.17) is 0 Å². The second kappa shape index (κ2) is 7.14. The molecule has 1 aromatic rings. The number of hydrogen-bond acceptors (Lipinski definition) is 3. The van der Waals surface area contributed by atoms with E-state index in [-0.39, 0.29) is 0 Å². The molecule has 2 nitrogen and oxygen atoms in total. The minimum atomic E-state index is -0.650. The molecule has 86 valence electrons. The Morgan fingerprint density at radius 2 is 2.40 bits per heavy atom. The molecule has 2 unspecified atom stereocenters. The molecule has 1 rings (SSSR count). The van der Waals surface area contributed by atoms with E-state index in [1.54, 1.807) is 17.6 Å². The van der Waals surface area contributed by atoms with Crippen molar-refractivity contribution in [1.29, 1.82) is 0 Å². The maximum atomic E-state index is 10.8. The van der Waals surface area contributed by atoms with E-state index < -0.39 is 10.8 Å². The molecule has 0 aromatic carbocycles. The van der Waals surface area contributed by atoms with Gasteiger partial charge in [-0.1, -0.05) is 0 Å². The van der Waals surface area contributed by atoms with E-state index in [1.807, 2.05) is 0 Å². The van der Waals surface area contributed by atoms with Crippen LogP contribution in [0.1, 0.15) is 18.9 Å². The van der Waals surface area contributed by atoms with Crippen molar-refractivity contribution < 1.29 is 4.21 Å². The summed E-state index contributed by atoms with van der Waals surface area (Å²) in [7, 11) is -0.650. The van der Waals surface area contributed by atoms with E-state index >= 15 is 0 Å². The zero-order valence-electron chi connectivity index (χ0n) is 9.36. The molecule has 1 aromatic heterocycles. The molecule has 0 aliphatic carbocycles. The van der Waals surface area contributed by atoms with Crippen LogP contribution in [0, 0.1) is 0 Å². The van der Waals surface area contributed by atoms with E-state index in [2.05, 4.69) is 29.1 Å². The van der Waals surface area contributed by atoms with Crippen molar-refractivity contribution in [3.63, 3.8) is 0 Å². The smallest absolute Gasteiger partial charge is 0.0244 e. The average molecular weight is 245 g/mol. The maximum Gasteiger partial charge on any atom is 0.0244 e. The molecule has 0 aliphatic heterocycles. The summed E-state index contributed by atoms with van der Waals surface area (Å²) < 4.78 is 10.8. The summed E-state index contributed by atoms with van der Waals surface area (Å²) in [4.78, 5) is 0. The largest absolute Gasteiger partial charge is 0.314 e. The Balaban J connectivity index is 2.08. The monoisotopic (exact) mass is 245 g/mol. The van der Waals surface area contributed by atoms with E-state index in [0.717, 1.165) is 25.1 Å². The number of nitrogens with one attached hydrogen (secondary N) is 1. The summed E-state index contributed by atoms with van der Waals surface area (Å²) >= 11 is 1.75. The molecule has 4 heteroatoms. The van der Waals surface area contributed by atoms with Crippen LogP contribution >= 0.6 is 11.3 Å². The molecule has 0 fully saturated rings. The van der Waals surface area contributed by atoms with Crippen LogP contribution in [-0.2, 0) is 17.2 Å². The van der Waals surface area contributed by atoms with Crippen molar-refractivity contribution in [1.82, 2.24) is 5.32 Å². The Labute approximate surface area is 98.6 Å². The van der Waals surface area contributed by atoms with Crippen molar-refractivity contribution in [2.45, 2.75) is 25.8 Å². The normalized spacial score (nSPS) is 15.1. The number of hydrogen-bond donors (Lipinski definition) is 1. The zero-order valence-corrected chi connectivity index (χ0v) is 11.0. The third-order valence-electron chi connectivity index (χ3n) is 2.22. The maximum absolute atomic E-state index is 10.8. The van der Waals surface area contributed by atoms with Gasteiger partial charge in [-0.3, -0.25) is 4.21 Å². The third-order valence-corrected chi connectivity index (χ3v) is 3.82. The Morgan fingerprint density at radius 3 is 3.00 bits per heavy atom. The standard InChI is InChI=1S/C11H19NOS2/c1-10(8-11-4-6-14-9-11)12-5-3-7-15(2)13/h4,6,9-10,12H,3,5,7-8H2,1-2H3. The second-order valence-corrected chi connectivity index (χ2v) is 6.16. The van der Waals surface area contributed by atoms with Gasteiger partial charge in [-0.15, -0.1) is 0 Å². The van der Waals surface area contributed by atoms with Crippen LogP contribution in [0.4, 0.5) is 0 Å². The summed E-state index contributed by atoms with van der Waals surface area (Å²) in [6.45, 7) is 3.16. The lowest BCUT2D eigenvalue weighted by Crippen LogP contribution is -2.29. The van der Waals surface area contributed by atoms with Crippen LogP contribution in [0.25, 0.3) is 0 Å². The van der Waals surface area contributed by atoms with Crippen LogP contribution < -0.4 is 5.32 Å². The quantitative estimate of drug-likeness (QED) is 0.745. The number of rotatable bonds is 7. The summed E-state index contributed by atoms with van der Waals surface area (Å²) in [6.07, 6.45) is 3.84. The molecular weight excluding hydrogens is 226 g/mol. The molecular formula is C11H19NOS2. The van der Waals surface area contributed by atoms with Gasteiger partial charge in [0.1, 0.15) is 0 Å². The van der Waals surface area contributed by atoms with Gasteiger partial charge in [-0.05, 0) is 48.7 Å². The van der Waals surface area contributed by atoms with E-state index in [9.17, 15) is 4.21 Å². The summed E-state index contributed by atoms with van der Waals surface area (Å²) in [5.41, 5.74) is 1.40. The molecule has 1 heterocycles. The minimum Gasteiger partial charge on any atom is -0.314 e. The van der Waals surface area contributed by atoms with Crippen molar-refractivity contribution in [3.8, 4) is 0 Å². The van der Waals surface area contributed by atoms with Gasteiger partial charge in [0.25, 0.3) is 0 Å². The summed E-state index contributed by atoms with van der Waals surface area (Å²) in [6, 6.07) is 2.68. The van der Waals surface area contributed by atoms with Gasteiger partial charge in [0.2, 0.25) is 0 Å². The van der Waals surface area contributed by atoms with Crippen LogP contribution in [-0.4, -0.2) is 28.8 Å². The molecule has 0 radical (unpaired) electrons. The van der Waals surface area contributed by atoms with Crippen LogP contribution in [0.3, 0.4) is 0 Å². The lowest BCUT2D eigenvalue weighted by atomic mass is 10.1. The SMILES string of the molecule is CC(Cc1ccsc1)NCCCS(C)=O. The van der Waals surface area contributed by atoms with Crippen LogP contribution in [0.2, 0.25) is 0 Å². The molecule has 1 N–H and O–H groups in total. The van der Waals surface area contributed by atoms with E-state index in [1.165, 1.54) is 5.56 Å². The molecule has 15 heavy (non-hydrogen) atoms. The van der Waals surface area contributed by atoms with Crippen LogP contribution in [0.5, 0.6) is 0 Å². The fraction of sp³-hybridized carbons (Fsp3) is 0.636. The molecule has 2 atom stereocenters. The Kier molecular flexibility index (Phi) is 6.13. The summed E-state index contributed by atoms with van der Waals surface area (Å²) in [5, 5.41) is 7.75. The highest BCUT2D eigenvalue weighted by atomic mass is 32.2. The van der Waals surface area contributed by atoms with Crippen molar-refractivity contribution in [2.24, 2.45) is 0 Å². The van der Waals surface area contributed by atoms with Gasteiger partial charge in [-0.2, -0.15) is 11.3 Å². The molecule has 0 bridgehead atoms. The zero-order chi connectivity index (χ0) is 11.1. The first-order chi connectivity index (χ1) is 7.18. The first-order valence-corrected chi connectivity index (χ1v) is 7.90. The topological polar surface area (TPSA) is 29.1 Å². The highest BCUT2D eigenvalue weighted by Crippen LogP contribution is 2.08. The first kappa shape index (κ1) is 12.9. The van der Waals surface area contributed by atoms with E-state index in [0.29, 0.717) is 6.04 Å². The molecule has 0 spiro atoms. The predicted octanol–water partition coefficient (Wildman–Crippen LogP) is 2.04. The fourth-order valence-corrected chi connectivity index (χ4v) is 2.69. The van der Waals surface area contributed by atoms with Crippen LogP contribution in [0.15, 0.2) is 16.8 Å². The Bertz CT molecular complexity index is 285. The molecule has 0 amide bonds. The summed E-state index contributed by atoms with van der Waals surface area (Å²) in [5.74, 6) is 0.804. The minimum absolute atomic E-state index is 0.505. The lowest BCUT2D eigenvalue weighted by Gasteiger charge is -2.12. The molecule has 0 aliphatic rings. The lowest BCUT2D eigenvalue weighted by molar-refractivity contribution is 0.544. The van der Waals surface area contributed by atoms with Gasteiger partial charge in [-0.25, -0.2) is 0 Å². The fourth-order valence-electron chi connectivity index (χ4n) is 1.46. The van der Waals surface area contributed by atoms with Gasteiger partial charge >= 0.3 is 0 Å². The first-order valence-electron chi connectivity index (χ1n) is 5.23. The van der Waals surface area contributed by atoms with Crippen molar-refractivity contribution in [3.05, 3.63) is 22.4 Å².